The lowest BCUT2D eigenvalue weighted by Crippen LogP contribution is -2.51. The van der Waals surface area contributed by atoms with Crippen LogP contribution in [0.25, 0.3) is 0 Å². The van der Waals surface area contributed by atoms with Crippen LogP contribution in [0.1, 0.15) is 52.8 Å². The molecular formula is C28H30N4O3. The van der Waals surface area contributed by atoms with Crippen LogP contribution in [0, 0.1) is 11.8 Å². The van der Waals surface area contributed by atoms with E-state index in [9.17, 15) is 4.79 Å². The molecule has 7 heteroatoms. The fourth-order valence-corrected chi connectivity index (χ4v) is 5.36. The van der Waals surface area contributed by atoms with Gasteiger partial charge >= 0.3 is 0 Å². The molecular weight excluding hydrogens is 440 g/mol. The first-order valence-corrected chi connectivity index (χ1v) is 12.0. The number of hydrogen-bond donors (Lipinski definition) is 2. The number of aromatic nitrogens is 1. The zero-order valence-electron chi connectivity index (χ0n) is 20.0. The third kappa shape index (κ3) is 4.77. The standard InChI is InChI=1S/C28H30N4O3/c1-34-21-10-6-18(7-11-21)25-23-4-3-5-24(26(30-25)19-8-12-22(35-2)13-9-19)27(23)31-32-28(33)20-14-16-29-17-15-20/h6-17,23-26,30H,3-5H2,1-2H3,(H,32,33)/t23-,24+,25+,26-. The van der Waals surface area contributed by atoms with Crippen molar-refractivity contribution in [2.75, 3.05) is 14.2 Å². The molecule has 1 aliphatic heterocycles. The molecule has 1 saturated heterocycles. The van der Waals surface area contributed by atoms with Gasteiger partial charge in [0.25, 0.3) is 5.91 Å². The van der Waals surface area contributed by atoms with Gasteiger partial charge in [0.1, 0.15) is 11.5 Å². The molecule has 0 unspecified atom stereocenters. The van der Waals surface area contributed by atoms with Gasteiger partial charge in [-0.2, -0.15) is 5.10 Å². The topological polar surface area (TPSA) is 84.8 Å². The molecule has 3 aromatic rings. The Balaban J connectivity index is 1.51. The van der Waals surface area contributed by atoms with Crippen molar-refractivity contribution in [2.24, 2.45) is 16.9 Å². The van der Waals surface area contributed by atoms with Gasteiger partial charge in [-0.25, -0.2) is 5.43 Å². The molecule has 1 saturated carbocycles. The zero-order chi connectivity index (χ0) is 24.2. The Hall–Kier alpha value is -3.71. The van der Waals surface area contributed by atoms with E-state index in [1.54, 1.807) is 38.7 Å². The van der Waals surface area contributed by atoms with Crippen molar-refractivity contribution in [1.29, 1.82) is 0 Å². The van der Waals surface area contributed by atoms with Crippen molar-refractivity contribution in [1.82, 2.24) is 15.7 Å². The number of hydrogen-bond acceptors (Lipinski definition) is 6. The quantitative estimate of drug-likeness (QED) is 0.511. The Morgan fingerprint density at radius 2 is 1.37 bits per heavy atom. The number of amides is 1. The van der Waals surface area contributed by atoms with Crippen LogP contribution < -0.4 is 20.2 Å². The lowest BCUT2D eigenvalue weighted by Gasteiger charge is -2.47. The molecule has 5 rings (SSSR count). The molecule has 4 atom stereocenters. The average molecular weight is 471 g/mol. The Morgan fingerprint density at radius 3 is 1.86 bits per heavy atom. The van der Waals surface area contributed by atoms with Gasteiger partial charge in [0, 0.05) is 47.6 Å². The number of nitrogens with one attached hydrogen (secondary N) is 2. The maximum absolute atomic E-state index is 12.8. The summed E-state index contributed by atoms with van der Waals surface area (Å²) in [6.45, 7) is 0. The number of carbonyl (C=O) groups is 1. The van der Waals surface area contributed by atoms with Crippen LogP contribution in [0.3, 0.4) is 0 Å². The Labute approximate surface area is 205 Å². The number of nitrogens with zero attached hydrogens (tertiary/aromatic N) is 2. The molecule has 2 heterocycles. The Morgan fingerprint density at radius 1 is 0.857 bits per heavy atom. The molecule has 1 aliphatic carbocycles. The van der Waals surface area contributed by atoms with Crippen LogP contribution in [-0.2, 0) is 0 Å². The summed E-state index contributed by atoms with van der Waals surface area (Å²) in [6, 6.07) is 20.0. The second-order valence-electron chi connectivity index (χ2n) is 9.03. The summed E-state index contributed by atoms with van der Waals surface area (Å²) in [5.74, 6) is 1.81. The van der Waals surface area contributed by atoms with E-state index < -0.39 is 0 Å². The van der Waals surface area contributed by atoms with Crippen LogP contribution in [-0.4, -0.2) is 30.8 Å². The van der Waals surface area contributed by atoms with E-state index >= 15 is 0 Å². The summed E-state index contributed by atoms with van der Waals surface area (Å²) in [7, 11) is 3.35. The fourth-order valence-electron chi connectivity index (χ4n) is 5.36. The van der Waals surface area contributed by atoms with Crippen molar-refractivity contribution in [2.45, 2.75) is 31.3 Å². The number of hydrazone groups is 1. The van der Waals surface area contributed by atoms with E-state index in [1.807, 2.05) is 24.3 Å². The van der Waals surface area contributed by atoms with Crippen LogP contribution in [0.2, 0.25) is 0 Å². The minimum Gasteiger partial charge on any atom is -0.497 e. The molecule has 0 spiro atoms. The van der Waals surface area contributed by atoms with Crippen molar-refractivity contribution in [3.8, 4) is 11.5 Å². The maximum atomic E-state index is 12.8. The van der Waals surface area contributed by atoms with Crippen LogP contribution in [0.5, 0.6) is 11.5 Å². The second kappa shape index (κ2) is 10.3. The predicted molar refractivity (Wildman–Crippen MR) is 135 cm³/mol. The number of benzene rings is 2. The lowest BCUT2D eigenvalue weighted by molar-refractivity contribution is 0.0953. The first kappa shape index (κ1) is 23.1. The monoisotopic (exact) mass is 470 g/mol. The van der Waals surface area contributed by atoms with Gasteiger partial charge in [-0.1, -0.05) is 30.7 Å². The molecule has 2 aliphatic rings. The number of rotatable bonds is 6. The Kier molecular flexibility index (Phi) is 6.77. The number of pyridine rings is 1. The van der Waals surface area contributed by atoms with Gasteiger partial charge in [0.15, 0.2) is 0 Å². The van der Waals surface area contributed by atoms with Gasteiger partial charge in [0.05, 0.1) is 14.2 Å². The third-order valence-corrected chi connectivity index (χ3v) is 7.13. The number of carbonyl (C=O) groups excluding carboxylic acids is 1. The third-order valence-electron chi connectivity index (χ3n) is 7.13. The van der Waals surface area contributed by atoms with Gasteiger partial charge < -0.3 is 14.8 Å². The van der Waals surface area contributed by atoms with Crippen molar-refractivity contribution in [3.63, 3.8) is 0 Å². The SMILES string of the molecule is COc1ccc([C@H]2N[C@@H](c3ccc(OC)cc3)[C@H]3CCC[C@@H]2C3=NNC(=O)c2ccncc2)cc1. The van der Waals surface area contributed by atoms with Crippen LogP contribution in [0.4, 0.5) is 0 Å². The summed E-state index contributed by atoms with van der Waals surface area (Å²) in [4.78, 5) is 16.8. The van der Waals surface area contributed by atoms with E-state index in [0.29, 0.717) is 5.56 Å². The number of ether oxygens (including phenoxy) is 2. The summed E-state index contributed by atoms with van der Waals surface area (Å²) < 4.78 is 10.7. The first-order chi connectivity index (χ1) is 17.2. The summed E-state index contributed by atoms with van der Waals surface area (Å²) in [6.07, 6.45) is 6.37. The minimum atomic E-state index is -0.224. The van der Waals surface area contributed by atoms with Crippen LogP contribution in [0.15, 0.2) is 78.2 Å². The van der Waals surface area contributed by atoms with Crippen molar-refractivity contribution >= 4 is 11.6 Å². The molecule has 35 heavy (non-hydrogen) atoms. The molecule has 2 aromatic carbocycles. The maximum Gasteiger partial charge on any atom is 0.271 e. The highest BCUT2D eigenvalue weighted by Crippen LogP contribution is 2.46. The molecule has 2 fully saturated rings. The highest BCUT2D eigenvalue weighted by molar-refractivity contribution is 5.97. The summed E-state index contributed by atoms with van der Waals surface area (Å²) >= 11 is 0. The van der Waals surface area contributed by atoms with E-state index in [1.165, 1.54) is 11.1 Å². The normalized spacial score (nSPS) is 24.6. The highest BCUT2D eigenvalue weighted by atomic mass is 16.5. The van der Waals surface area contributed by atoms with Gasteiger partial charge in [-0.15, -0.1) is 0 Å². The number of fused-ring (bicyclic) bond motifs is 2. The van der Waals surface area contributed by atoms with E-state index in [-0.39, 0.29) is 29.8 Å². The lowest BCUT2D eigenvalue weighted by atomic mass is 9.67. The molecule has 1 aromatic heterocycles. The first-order valence-electron chi connectivity index (χ1n) is 12.0. The van der Waals surface area contributed by atoms with Crippen molar-refractivity contribution < 1.29 is 14.3 Å². The number of methoxy groups -OCH3 is 2. The highest BCUT2D eigenvalue weighted by Gasteiger charge is 2.45. The number of piperidine rings is 1. The largest absolute Gasteiger partial charge is 0.497 e. The van der Waals surface area contributed by atoms with E-state index in [0.717, 1.165) is 36.5 Å². The van der Waals surface area contributed by atoms with E-state index in [2.05, 4.69) is 40.0 Å². The van der Waals surface area contributed by atoms with Gasteiger partial charge in [0.2, 0.25) is 0 Å². The van der Waals surface area contributed by atoms with Gasteiger partial charge in [-0.3, -0.25) is 9.78 Å². The molecule has 180 valence electrons. The molecule has 1 amide bonds. The zero-order valence-corrected chi connectivity index (χ0v) is 20.0. The van der Waals surface area contributed by atoms with E-state index in [4.69, 9.17) is 14.6 Å². The smallest absolute Gasteiger partial charge is 0.271 e. The molecule has 0 radical (unpaired) electrons. The average Bonchev–Trinajstić information content (AvgIpc) is 2.92. The van der Waals surface area contributed by atoms with Crippen LogP contribution >= 0.6 is 0 Å². The minimum absolute atomic E-state index is 0.0705. The second-order valence-corrected chi connectivity index (χ2v) is 9.03. The fraction of sp³-hybridized carbons (Fsp3) is 0.321. The summed E-state index contributed by atoms with van der Waals surface area (Å²) in [5, 5.41) is 8.70. The molecule has 7 nitrogen and oxygen atoms in total. The Bertz CT molecular complexity index is 1120. The molecule has 2 bridgehead atoms. The van der Waals surface area contributed by atoms with Gasteiger partial charge in [-0.05, 0) is 60.4 Å². The van der Waals surface area contributed by atoms with Crippen molar-refractivity contribution in [3.05, 3.63) is 89.7 Å². The summed E-state index contributed by atoms with van der Waals surface area (Å²) in [5.41, 5.74) is 6.80. The predicted octanol–water partition coefficient (Wildman–Crippen LogP) is 4.69. The molecule has 2 N–H and O–H groups in total.